The fraction of sp³-hybridized carbons (Fsp3) is 0.500. The zero-order chi connectivity index (χ0) is 12.4. The first kappa shape index (κ1) is 12.1. The smallest absolute Gasteiger partial charge is 0.264 e. The molecule has 0 spiro atoms. The van der Waals surface area contributed by atoms with Gasteiger partial charge in [0, 0.05) is 13.1 Å². The van der Waals surface area contributed by atoms with Crippen molar-refractivity contribution >= 4 is 23.2 Å². The zero-order valence-electron chi connectivity index (χ0n) is 10.0. The average molecular weight is 252 g/mol. The topological polar surface area (TPSA) is 49.4 Å². The van der Waals surface area contributed by atoms with Gasteiger partial charge in [-0.1, -0.05) is 6.92 Å². The summed E-state index contributed by atoms with van der Waals surface area (Å²) in [6.45, 7) is 5.00. The first-order chi connectivity index (χ1) is 8.15. The van der Waals surface area contributed by atoms with Crippen LogP contribution in [0.3, 0.4) is 0 Å². The number of carbonyl (C=O) groups excluding carboxylic acids is 2. The maximum absolute atomic E-state index is 12.4. The molecule has 17 heavy (non-hydrogen) atoms. The summed E-state index contributed by atoms with van der Waals surface area (Å²) < 4.78 is 0. The van der Waals surface area contributed by atoms with Crippen molar-refractivity contribution in [1.29, 1.82) is 0 Å². The molecule has 1 N–H and O–H groups in total. The third kappa shape index (κ3) is 2.20. The predicted octanol–water partition coefficient (Wildman–Crippen LogP) is 1.41. The van der Waals surface area contributed by atoms with Crippen molar-refractivity contribution in [3.8, 4) is 0 Å². The van der Waals surface area contributed by atoms with E-state index in [9.17, 15) is 9.59 Å². The highest BCUT2D eigenvalue weighted by Crippen LogP contribution is 2.20. The third-order valence-electron chi connectivity index (χ3n) is 3.03. The lowest BCUT2D eigenvalue weighted by Gasteiger charge is -2.34. The van der Waals surface area contributed by atoms with Gasteiger partial charge in [0.05, 0.1) is 4.88 Å². The molecule has 1 aliphatic heterocycles. The van der Waals surface area contributed by atoms with E-state index >= 15 is 0 Å². The van der Waals surface area contributed by atoms with Crippen LogP contribution in [0.25, 0.3) is 0 Å². The van der Waals surface area contributed by atoms with Crippen LogP contribution in [-0.2, 0) is 4.79 Å². The average Bonchev–Trinajstić information content (AvgIpc) is 2.74. The van der Waals surface area contributed by atoms with E-state index in [1.807, 2.05) is 25.3 Å². The van der Waals surface area contributed by atoms with E-state index in [0.717, 1.165) is 10.4 Å². The van der Waals surface area contributed by atoms with E-state index in [0.29, 0.717) is 19.5 Å². The molecule has 0 saturated carbocycles. The molecule has 2 rings (SSSR count). The van der Waals surface area contributed by atoms with Gasteiger partial charge in [0.1, 0.15) is 6.04 Å². The lowest BCUT2D eigenvalue weighted by Crippen LogP contribution is -2.56. The van der Waals surface area contributed by atoms with Gasteiger partial charge in [-0.2, -0.15) is 0 Å². The highest BCUT2D eigenvalue weighted by atomic mass is 32.1. The Balaban J connectivity index is 2.24. The number of nitrogens with one attached hydrogen (secondary N) is 1. The van der Waals surface area contributed by atoms with Crippen LogP contribution in [0, 0.1) is 6.92 Å². The first-order valence-corrected chi connectivity index (χ1v) is 6.66. The standard InChI is InChI=1S/C12H16N2O2S/c1-3-9-11(15)13-5-6-14(9)12(16)10-8(2)4-7-17-10/h4,7,9H,3,5-6H2,1-2H3,(H,13,15). The van der Waals surface area contributed by atoms with Crippen molar-refractivity contribution in [1.82, 2.24) is 10.2 Å². The van der Waals surface area contributed by atoms with Crippen molar-refractivity contribution in [2.45, 2.75) is 26.3 Å². The summed E-state index contributed by atoms with van der Waals surface area (Å²) in [5.74, 6) is -0.0551. The number of rotatable bonds is 2. The van der Waals surface area contributed by atoms with Crippen LogP contribution in [0.4, 0.5) is 0 Å². The van der Waals surface area contributed by atoms with Crippen LogP contribution in [0.15, 0.2) is 11.4 Å². The van der Waals surface area contributed by atoms with Crippen molar-refractivity contribution in [2.24, 2.45) is 0 Å². The van der Waals surface area contributed by atoms with Gasteiger partial charge >= 0.3 is 0 Å². The van der Waals surface area contributed by atoms with E-state index in [4.69, 9.17) is 0 Å². The minimum absolute atomic E-state index is 0.0146. The molecule has 92 valence electrons. The van der Waals surface area contributed by atoms with Crippen LogP contribution >= 0.6 is 11.3 Å². The quantitative estimate of drug-likeness (QED) is 0.865. The molecule has 1 aliphatic rings. The lowest BCUT2D eigenvalue weighted by atomic mass is 10.1. The third-order valence-corrected chi connectivity index (χ3v) is 4.04. The molecule has 1 fully saturated rings. The molecule has 0 bridgehead atoms. The van der Waals surface area contributed by atoms with Crippen LogP contribution in [0.5, 0.6) is 0 Å². The van der Waals surface area contributed by atoms with E-state index in [-0.39, 0.29) is 17.9 Å². The van der Waals surface area contributed by atoms with Gasteiger partial charge in [-0.25, -0.2) is 0 Å². The Labute approximate surface area is 105 Å². The molecule has 2 amide bonds. The molecule has 1 atom stereocenters. The van der Waals surface area contributed by atoms with Crippen molar-refractivity contribution in [2.75, 3.05) is 13.1 Å². The number of thiophene rings is 1. The number of amides is 2. The predicted molar refractivity (Wildman–Crippen MR) is 67.2 cm³/mol. The largest absolute Gasteiger partial charge is 0.353 e. The van der Waals surface area contributed by atoms with E-state index < -0.39 is 0 Å². The SMILES string of the molecule is CCC1C(=O)NCCN1C(=O)c1sccc1C. The number of nitrogens with zero attached hydrogens (tertiary/aromatic N) is 1. The normalized spacial score (nSPS) is 20.2. The highest BCUT2D eigenvalue weighted by Gasteiger charge is 2.32. The second-order valence-corrected chi connectivity index (χ2v) is 5.06. The summed E-state index contributed by atoms with van der Waals surface area (Å²) in [5, 5.41) is 4.71. The molecule has 4 nitrogen and oxygen atoms in total. The van der Waals surface area contributed by atoms with Crippen LogP contribution in [-0.4, -0.2) is 35.8 Å². The van der Waals surface area contributed by atoms with Crippen molar-refractivity contribution < 1.29 is 9.59 Å². The van der Waals surface area contributed by atoms with Gasteiger partial charge in [0.25, 0.3) is 5.91 Å². The Kier molecular flexibility index (Phi) is 3.47. The molecule has 0 aromatic carbocycles. The van der Waals surface area contributed by atoms with Gasteiger partial charge < -0.3 is 10.2 Å². The second-order valence-electron chi connectivity index (χ2n) is 4.15. The number of hydrogen-bond acceptors (Lipinski definition) is 3. The van der Waals surface area contributed by atoms with Gasteiger partial charge in [-0.3, -0.25) is 9.59 Å². The lowest BCUT2D eigenvalue weighted by molar-refractivity contribution is -0.127. The summed E-state index contributed by atoms with van der Waals surface area (Å²) in [4.78, 5) is 26.5. The molecular weight excluding hydrogens is 236 g/mol. The molecule has 5 heteroatoms. The Bertz CT molecular complexity index is 441. The Morgan fingerprint density at radius 1 is 1.65 bits per heavy atom. The summed E-state index contributed by atoms with van der Waals surface area (Å²) in [6.07, 6.45) is 0.655. The number of hydrogen-bond donors (Lipinski definition) is 1. The van der Waals surface area contributed by atoms with E-state index in [1.165, 1.54) is 11.3 Å². The summed E-state index contributed by atoms with van der Waals surface area (Å²) in [6, 6.07) is 1.61. The van der Waals surface area contributed by atoms with Gasteiger partial charge in [0.15, 0.2) is 0 Å². The molecule has 1 unspecified atom stereocenters. The monoisotopic (exact) mass is 252 g/mol. The Hall–Kier alpha value is -1.36. The maximum atomic E-state index is 12.4. The van der Waals surface area contributed by atoms with E-state index in [2.05, 4.69) is 5.32 Å². The Morgan fingerprint density at radius 3 is 3.00 bits per heavy atom. The first-order valence-electron chi connectivity index (χ1n) is 5.78. The fourth-order valence-electron chi connectivity index (χ4n) is 2.09. The van der Waals surface area contributed by atoms with Crippen molar-refractivity contribution in [3.63, 3.8) is 0 Å². The zero-order valence-corrected chi connectivity index (χ0v) is 10.8. The minimum Gasteiger partial charge on any atom is -0.353 e. The van der Waals surface area contributed by atoms with Crippen molar-refractivity contribution in [3.05, 3.63) is 21.9 Å². The molecule has 1 aromatic heterocycles. The molecule has 0 radical (unpaired) electrons. The van der Waals surface area contributed by atoms with Gasteiger partial charge in [-0.15, -0.1) is 11.3 Å². The molecular formula is C12H16N2O2S. The fourth-order valence-corrected chi connectivity index (χ4v) is 2.97. The molecule has 2 heterocycles. The van der Waals surface area contributed by atoms with Crippen LogP contribution < -0.4 is 5.32 Å². The maximum Gasteiger partial charge on any atom is 0.264 e. The van der Waals surface area contributed by atoms with E-state index in [1.54, 1.807) is 4.90 Å². The number of piperazine rings is 1. The summed E-state index contributed by atoms with van der Waals surface area (Å²) in [5.41, 5.74) is 0.987. The molecule has 1 saturated heterocycles. The van der Waals surface area contributed by atoms with Crippen LogP contribution in [0.1, 0.15) is 28.6 Å². The number of carbonyl (C=O) groups is 2. The van der Waals surface area contributed by atoms with Gasteiger partial charge in [-0.05, 0) is 30.4 Å². The minimum atomic E-state index is -0.322. The number of aryl methyl sites for hydroxylation is 1. The highest BCUT2D eigenvalue weighted by molar-refractivity contribution is 7.12. The van der Waals surface area contributed by atoms with Gasteiger partial charge in [0.2, 0.25) is 5.91 Å². The summed E-state index contributed by atoms with van der Waals surface area (Å²) >= 11 is 1.44. The molecule has 1 aromatic rings. The van der Waals surface area contributed by atoms with Crippen LogP contribution in [0.2, 0.25) is 0 Å². The Morgan fingerprint density at radius 2 is 2.41 bits per heavy atom. The molecule has 0 aliphatic carbocycles. The summed E-state index contributed by atoms with van der Waals surface area (Å²) in [7, 11) is 0. The second kappa shape index (κ2) is 4.87.